The molecule has 0 bridgehead atoms. The van der Waals surface area contributed by atoms with Crippen LogP contribution in [0.15, 0.2) is 0 Å². The minimum Gasteiger partial charge on any atom is -0.444 e. The molecule has 0 radical (unpaired) electrons. The summed E-state index contributed by atoms with van der Waals surface area (Å²) in [6.45, 7) is 8.86. The van der Waals surface area contributed by atoms with Gasteiger partial charge in [-0.25, -0.2) is 4.79 Å². The van der Waals surface area contributed by atoms with Gasteiger partial charge in [-0.1, -0.05) is 12.8 Å². The van der Waals surface area contributed by atoms with Gasteiger partial charge < -0.3 is 15.0 Å². The maximum atomic E-state index is 12.5. The van der Waals surface area contributed by atoms with Crippen LogP contribution in [-0.2, 0) is 4.74 Å². The van der Waals surface area contributed by atoms with Crippen molar-refractivity contribution in [2.75, 3.05) is 19.6 Å². The van der Waals surface area contributed by atoms with Crippen molar-refractivity contribution in [3.63, 3.8) is 0 Å². The average molecular weight is 266 g/mol. The lowest BCUT2D eigenvalue weighted by molar-refractivity contribution is 0.00310. The van der Waals surface area contributed by atoms with E-state index in [0.29, 0.717) is 11.8 Å². The maximum Gasteiger partial charge on any atom is 0.410 e. The maximum absolute atomic E-state index is 12.5. The van der Waals surface area contributed by atoms with Crippen LogP contribution in [0.2, 0.25) is 0 Å². The number of carbonyl (C=O) groups is 1. The van der Waals surface area contributed by atoms with Gasteiger partial charge in [0.05, 0.1) is 5.54 Å². The van der Waals surface area contributed by atoms with Crippen LogP contribution in [0.5, 0.6) is 0 Å². The molecule has 3 rings (SSSR count). The van der Waals surface area contributed by atoms with Gasteiger partial charge in [0.15, 0.2) is 0 Å². The van der Waals surface area contributed by atoms with Gasteiger partial charge in [-0.05, 0) is 39.5 Å². The SMILES string of the molecule is CC(C)(C)OC(=O)N1CC2CNCC2C12CCCC2. The van der Waals surface area contributed by atoms with Gasteiger partial charge in [0.2, 0.25) is 0 Å². The van der Waals surface area contributed by atoms with Crippen molar-refractivity contribution in [1.82, 2.24) is 10.2 Å². The second-order valence-electron chi connectivity index (χ2n) is 7.43. The van der Waals surface area contributed by atoms with E-state index in [1.807, 2.05) is 20.8 Å². The van der Waals surface area contributed by atoms with Gasteiger partial charge in [0.1, 0.15) is 5.60 Å². The van der Waals surface area contributed by atoms with Crippen LogP contribution in [0.4, 0.5) is 4.79 Å². The lowest BCUT2D eigenvalue weighted by Crippen LogP contribution is -2.51. The third-order valence-electron chi connectivity index (χ3n) is 5.07. The molecule has 1 spiro atoms. The molecule has 3 aliphatic rings. The first kappa shape index (κ1) is 13.2. The summed E-state index contributed by atoms with van der Waals surface area (Å²) >= 11 is 0. The number of nitrogens with one attached hydrogen (secondary N) is 1. The molecule has 2 heterocycles. The summed E-state index contributed by atoms with van der Waals surface area (Å²) in [4.78, 5) is 14.6. The lowest BCUT2D eigenvalue weighted by Gasteiger charge is -2.39. The zero-order valence-electron chi connectivity index (χ0n) is 12.4. The van der Waals surface area contributed by atoms with Crippen LogP contribution < -0.4 is 5.32 Å². The molecule has 1 aliphatic carbocycles. The molecule has 2 aliphatic heterocycles. The Morgan fingerprint density at radius 1 is 1.26 bits per heavy atom. The zero-order valence-corrected chi connectivity index (χ0v) is 12.4. The van der Waals surface area contributed by atoms with Crippen LogP contribution >= 0.6 is 0 Å². The monoisotopic (exact) mass is 266 g/mol. The van der Waals surface area contributed by atoms with E-state index in [1.54, 1.807) is 0 Å². The van der Waals surface area contributed by atoms with E-state index >= 15 is 0 Å². The van der Waals surface area contributed by atoms with Crippen molar-refractivity contribution < 1.29 is 9.53 Å². The predicted molar refractivity (Wildman–Crippen MR) is 74.0 cm³/mol. The summed E-state index contributed by atoms with van der Waals surface area (Å²) in [5, 5.41) is 3.50. The molecule has 1 saturated carbocycles. The van der Waals surface area contributed by atoms with Crippen molar-refractivity contribution in [1.29, 1.82) is 0 Å². The first-order chi connectivity index (χ1) is 8.92. The number of nitrogens with zero attached hydrogens (tertiary/aromatic N) is 1. The minimum atomic E-state index is -0.396. The summed E-state index contributed by atoms with van der Waals surface area (Å²) in [5.74, 6) is 1.27. The van der Waals surface area contributed by atoms with E-state index < -0.39 is 5.60 Å². The van der Waals surface area contributed by atoms with Crippen molar-refractivity contribution in [2.45, 2.75) is 57.6 Å². The highest BCUT2D eigenvalue weighted by Gasteiger charge is 2.58. The summed E-state index contributed by atoms with van der Waals surface area (Å²) in [7, 11) is 0. The molecule has 0 aromatic carbocycles. The van der Waals surface area contributed by atoms with Crippen molar-refractivity contribution >= 4 is 6.09 Å². The quantitative estimate of drug-likeness (QED) is 0.732. The molecule has 3 fully saturated rings. The van der Waals surface area contributed by atoms with Crippen LogP contribution in [0.3, 0.4) is 0 Å². The molecule has 4 nitrogen and oxygen atoms in total. The van der Waals surface area contributed by atoms with Crippen molar-refractivity contribution in [2.24, 2.45) is 11.8 Å². The fraction of sp³-hybridized carbons (Fsp3) is 0.933. The predicted octanol–water partition coefficient (Wildman–Crippen LogP) is 2.39. The number of hydrogen-bond acceptors (Lipinski definition) is 3. The molecule has 108 valence electrons. The van der Waals surface area contributed by atoms with E-state index in [-0.39, 0.29) is 11.6 Å². The number of rotatable bonds is 0. The molecular weight excluding hydrogens is 240 g/mol. The van der Waals surface area contributed by atoms with Gasteiger partial charge in [-0.2, -0.15) is 0 Å². The topological polar surface area (TPSA) is 41.6 Å². The number of fused-ring (bicyclic) bond motifs is 2. The Balaban J connectivity index is 1.82. The van der Waals surface area contributed by atoms with Gasteiger partial charge in [0.25, 0.3) is 0 Å². The lowest BCUT2D eigenvalue weighted by atomic mass is 9.80. The van der Waals surface area contributed by atoms with Crippen molar-refractivity contribution in [3.8, 4) is 0 Å². The first-order valence-corrected chi connectivity index (χ1v) is 7.64. The Hall–Kier alpha value is -0.770. The van der Waals surface area contributed by atoms with E-state index in [1.165, 1.54) is 12.8 Å². The molecule has 2 unspecified atom stereocenters. The standard InChI is InChI=1S/C15H26N2O2/c1-14(2,3)19-13(18)17-10-11-8-16-9-12(11)15(17)6-4-5-7-15/h11-12,16H,4-10H2,1-3H3. The smallest absolute Gasteiger partial charge is 0.410 e. The molecule has 0 aromatic rings. The van der Waals surface area contributed by atoms with Gasteiger partial charge in [-0.3, -0.25) is 0 Å². The van der Waals surface area contributed by atoms with Crippen LogP contribution in [0.1, 0.15) is 46.5 Å². The van der Waals surface area contributed by atoms with E-state index in [2.05, 4.69) is 10.2 Å². The largest absolute Gasteiger partial charge is 0.444 e. The average Bonchev–Trinajstić information content (AvgIpc) is 2.97. The molecule has 2 atom stereocenters. The fourth-order valence-corrected chi connectivity index (χ4v) is 4.37. The van der Waals surface area contributed by atoms with E-state index in [0.717, 1.165) is 32.5 Å². The number of likely N-dealkylation sites (tertiary alicyclic amines) is 1. The molecule has 2 saturated heterocycles. The number of amides is 1. The Labute approximate surface area is 115 Å². The van der Waals surface area contributed by atoms with Gasteiger partial charge >= 0.3 is 6.09 Å². The molecular formula is C15H26N2O2. The van der Waals surface area contributed by atoms with Crippen LogP contribution in [0.25, 0.3) is 0 Å². The Kier molecular flexibility index (Phi) is 3.04. The summed E-state index contributed by atoms with van der Waals surface area (Å²) in [6.07, 6.45) is 4.73. The van der Waals surface area contributed by atoms with Crippen LogP contribution in [0, 0.1) is 11.8 Å². The summed E-state index contributed by atoms with van der Waals surface area (Å²) < 4.78 is 5.64. The molecule has 4 heteroatoms. The van der Waals surface area contributed by atoms with Gasteiger partial charge in [-0.15, -0.1) is 0 Å². The number of ether oxygens (including phenoxy) is 1. The minimum absolute atomic E-state index is 0.0937. The highest BCUT2D eigenvalue weighted by Crippen LogP contribution is 2.50. The second kappa shape index (κ2) is 4.37. The van der Waals surface area contributed by atoms with Crippen LogP contribution in [-0.4, -0.2) is 41.8 Å². The summed E-state index contributed by atoms with van der Waals surface area (Å²) in [5.41, 5.74) is -0.302. The van der Waals surface area contributed by atoms with Crippen molar-refractivity contribution in [3.05, 3.63) is 0 Å². The second-order valence-corrected chi connectivity index (χ2v) is 7.43. The molecule has 0 aromatic heterocycles. The molecule has 19 heavy (non-hydrogen) atoms. The van der Waals surface area contributed by atoms with E-state index in [9.17, 15) is 4.79 Å². The highest BCUT2D eigenvalue weighted by molar-refractivity contribution is 5.70. The summed E-state index contributed by atoms with van der Waals surface area (Å²) in [6, 6.07) is 0. The number of carbonyl (C=O) groups excluding carboxylic acids is 1. The third kappa shape index (κ3) is 2.14. The van der Waals surface area contributed by atoms with Gasteiger partial charge in [0, 0.05) is 25.6 Å². The number of hydrogen-bond donors (Lipinski definition) is 1. The molecule has 1 amide bonds. The Morgan fingerprint density at radius 3 is 2.58 bits per heavy atom. The Bertz CT molecular complexity index is 369. The normalized spacial score (nSPS) is 32.9. The zero-order chi connectivity index (χ0) is 13.7. The first-order valence-electron chi connectivity index (χ1n) is 7.64. The third-order valence-corrected chi connectivity index (χ3v) is 5.07. The molecule has 1 N–H and O–H groups in total. The Morgan fingerprint density at radius 2 is 1.95 bits per heavy atom. The highest BCUT2D eigenvalue weighted by atomic mass is 16.6. The fourth-order valence-electron chi connectivity index (χ4n) is 4.37. The van der Waals surface area contributed by atoms with E-state index in [4.69, 9.17) is 4.74 Å².